The first kappa shape index (κ1) is 24.5. The number of aromatic hydroxyl groups is 1. The maximum Gasteiger partial charge on any atom is 0.254 e. The molecule has 8 heteroatoms. The number of fused-ring (bicyclic) bond motifs is 1. The molecule has 5 rings (SSSR count). The standard InChI is InChI=1S/C28H32N4O3S/c1-16-13-17(2)25(33)20(14-16)21-15-22(32-31-21)26(34)30-28-24(19-9-6-10-23(19)36-28)27(35)29-12-11-18-7-4-3-5-8-18/h3-5,7-8,13-14,21-22,31-33H,6,9-12,15H2,1-2H3,(H,29,35)(H,30,34). The average molecular weight is 505 g/mol. The van der Waals surface area contributed by atoms with E-state index in [1.807, 2.05) is 56.3 Å². The second kappa shape index (κ2) is 10.4. The first-order chi connectivity index (χ1) is 17.4. The van der Waals surface area contributed by atoms with E-state index < -0.39 is 6.04 Å². The average Bonchev–Trinajstić information content (AvgIpc) is 3.58. The van der Waals surface area contributed by atoms with Crippen LogP contribution in [0.25, 0.3) is 0 Å². The van der Waals surface area contributed by atoms with Gasteiger partial charge in [-0.15, -0.1) is 11.3 Å². The number of thiophene rings is 1. The number of carbonyl (C=O) groups is 2. The fraction of sp³-hybridized carbons (Fsp3) is 0.357. The number of hydrazine groups is 1. The molecule has 5 N–H and O–H groups in total. The number of carbonyl (C=O) groups excluding carboxylic acids is 2. The summed E-state index contributed by atoms with van der Waals surface area (Å²) in [5.74, 6) is -0.0617. The Kier molecular flexibility index (Phi) is 7.09. The highest BCUT2D eigenvalue weighted by Gasteiger charge is 2.34. The van der Waals surface area contributed by atoms with Crippen molar-refractivity contribution < 1.29 is 14.7 Å². The quantitative estimate of drug-likeness (QED) is 0.334. The van der Waals surface area contributed by atoms with E-state index in [0.717, 1.165) is 47.9 Å². The third-order valence-electron chi connectivity index (χ3n) is 7.00. The third kappa shape index (κ3) is 5.02. The SMILES string of the molecule is Cc1cc(C)c(O)c(C2CC(C(=O)Nc3sc4c(c3C(=O)NCCc3ccccc3)CCC4)NN2)c1. The molecule has 2 aliphatic rings. The van der Waals surface area contributed by atoms with E-state index in [9.17, 15) is 14.7 Å². The van der Waals surface area contributed by atoms with Gasteiger partial charge in [0, 0.05) is 17.0 Å². The number of hydrogen-bond acceptors (Lipinski definition) is 6. The smallest absolute Gasteiger partial charge is 0.254 e. The van der Waals surface area contributed by atoms with Gasteiger partial charge in [-0.1, -0.05) is 48.0 Å². The van der Waals surface area contributed by atoms with Crippen LogP contribution >= 0.6 is 11.3 Å². The van der Waals surface area contributed by atoms with Crippen molar-refractivity contribution >= 4 is 28.2 Å². The molecule has 0 spiro atoms. The van der Waals surface area contributed by atoms with E-state index >= 15 is 0 Å². The predicted octanol–water partition coefficient (Wildman–Crippen LogP) is 4.08. The Balaban J connectivity index is 1.26. The van der Waals surface area contributed by atoms with Crippen LogP contribution in [0.4, 0.5) is 5.00 Å². The summed E-state index contributed by atoms with van der Waals surface area (Å²) >= 11 is 1.52. The molecular weight excluding hydrogens is 472 g/mol. The lowest BCUT2D eigenvalue weighted by atomic mass is 9.96. The number of nitrogens with one attached hydrogen (secondary N) is 4. The number of anilines is 1. The van der Waals surface area contributed by atoms with Crippen molar-refractivity contribution in [2.45, 2.75) is 58.0 Å². The van der Waals surface area contributed by atoms with Crippen molar-refractivity contribution in [2.75, 3.05) is 11.9 Å². The number of hydrogen-bond donors (Lipinski definition) is 5. The molecule has 0 bridgehead atoms. The lowest BCUT2D eigenvalue weighted by Gasteiger charge is -2.15. The summed E-state index contributed by atoms with van der Waals surface area (Å²) in [7, 11) is 0. The molecule has 2 heterocycles. The van der Waals surface area contributed by atoms with Crippen molar-refractivity contribution in [1.82, 2.24) is 16.2 Å². The Labute approximate surface area is 215 Å². The van der Waals surface area contributed by atoms with E-state index in [1.165, 1.54) is 21.8 Å². The van der Waals surface area contributed by atoms with E-state index in [-0.39, 0.29) is 23.6 Å². The summed E-state index contributed by atoms with van der Waals surface area (Å²) in [5.41, 5.74) is 11.7. The summed E-state index contributed by atoms with van der Waals surface area (Å²) in [6, 6.07) is 13.3. The molecule has 3 aromatic rings. The van der Waals surface area contributed by atoms with Gasteiger partial charge in [0.1, 0.15) is 16.8 Å². The second-order valence-electron chi connectivity index (χ2n) is 9.69. The largest absolute Gasteiger partial charge is 0.507 e. The van der Waals surface area contributed by atoms with Gasteiger partial charge in [0.05, 0.1) is 11.6 Å². The molecule has 2 amide bonds. The maximum atomic E-state index is 13.2. The molecule has 188 valence electrons. The molecule has 1 aliphatic heterocycles. The number of amides is 2. The predicted molar refractivity (Wildman–Crippen MR) is 142 cm³/mol. The Morgan fingerprint density at radius 2 is 1.92 bits per heavy atom. The highest BCUT2D eigenvalue weighted by atomic mass is 32.1. The van der Waals surface area contributed by atoms with E-state index in [0.29, 0.717) is 23.5 Å². The van der Waals surface area contributed by atoms with Crippen molar-refractivity contribution in [3.63, 3.8) is 0 Å². The summed E-state index contributed by atoms with van der Waals surface area (Å²) in [6.07, 6.45) is 4.09. The van der Waals surface area contributed by atoms with Gasteiger partial charge in [-0.05, 0) is 62.6 Å². The maximum absolute atomic E-state index is 13.2. The zero-order valence-electron chi connectivity index (χ0n) is 20.6. The first-order valence-electron chi connectivity index (χ1n) is 12.5. The second-order valence-corrected chi connectivity index (χ2v) is 10.8. The Hall–Kier alpha value is -3.20. The number of aryl methyl sites for hydroxylation is 3. The van der Waals surface area contributed by atoms with Crippen LogP contribution in [0, 0.1) is 13.8 Å². The van der Waals surface area contributed by atoms with Gasteiger partial charge in [0.2, 0.25) is 5.91 Å². The Morgan fingerprint density at radius 1 is 1.11 bits per heavy atom. The summed E-state index contributed by atoms with van der Waals surface area (Å²) in [5, 5.41) is 17.3. The Bertz CT molecular complexity index is 1290. The molecule has 7 nitrogen and oxygen atoms in total. The van der Waals surface area contributed by atoms with Crippen LogP contribution in [0.5, 0.6) is 5.75 Å². The summed E-state index contributed by atoms with van der Waals surface area (Å²) in [4.78, 5) is 27.6. The lowest BCUT2D eigenvalue weighted by molar-refractivity contribution is -0.117. The van der Waals surface area contributed by atoms with Crippen LogP contribution in [-0.4, -0.2) is 29.5 Å². The zero-order chi connectivity index (χ0) is 25.2. The number of phenols is 1. The molecule has 36 heavy (non-hydrogen) atoms. The normalized spacial score (nSPS) is 18.7. The van der Waals surface area contributed by atoms with Crippen LogP contribution in [0.15, 0.2) is 42.5 Å². The van der Waals surface area contributed by atoms with Crippen LogP contribution in [0.3, 0.4) is 0 Å². The molecule has 1 aliphatic carbocycles. The molecule has 1 fully saturated rings. The van der Waals surface area contributed by atoms with E-state index in [2.05, 4.69) is 21.5 Å². The van der Waals surface area contributed by atoms with Gasteiger partial charge < -0.3 is 15.7 Å². The third-order valence-corrected chi connectivity index (χ3v) is 8.20. The zero-order valence-corrected chi connectivity index (χ0v) is 21.4. The van der Waals surface area contributed by atoms with E-state index in [4.69, 9.17) is 0 Å². The topological polar surface area (TPSA) is 102 Å². The van der Waals surface area contributed by atoms with Crippen molar-refractivity contribution in [3.05, 3.63) is 80.7 Å². The van der Waals surface area contributed by atoms with Gasteiger partial charge in [-0.3, -0.25) is 9.59 Å². The number of phenolic OH excluding ortho intramolecular Hbond substituents is 1. The van der Waals surface area contributed by atoms with Gasteiger partial charge in [-0.2, -0.15) is 0 Å². The van der Waals surface area contributed by atoms with Gasteiger partial charge in [0.15, 0.2) is 0 Å². The minimum Gasteiger partial charge on any atom is -0.507 e. The fourth-order valence-electron chi connectivity index (χ4n) is 5.18. The molecule has 0 saturated carbocycles. The van der Waals surface area contributed by atoms with Crippen LogP contribution in [0.1, 0.15) is 61.9 Å². The van der Waals surface area contributed by atoms with Gasteiger partial charge in [0.25, 0.3) is 5.91 Å². The monoisotopic (exact) mass is 504 g/mol. The highest BCUT2D eigenvalue weighted by molar-refractivity contribution is 7.17. The molecule has 2 unspecified atom stereocenters. The van der Waals surface area contributed by atoms with Gasteiger partial charge in [-0.25, -0.2) is 10.9 Å². The molecule has 1 aromatic heterocycles. The van der Waals surface area contributed by atoms with Crippen LogP contribution < -0.4 is 21.5 Å². The van der Waals surface area contributed by atoms with Crippen molar-refractivity contribution in [1.29, 1.82) is 0 Å². The minimum absolute atomic E-state index is 0.129. The van der Waals surface area contributed by atoms with Crippen LogP contribution in [0.2, 0.25) is 0 Å². The number of benzene rings is 2. The highest BCUT2D eigenvalue weighted by Crippen LogP contribution is 2.39. The molecule has 1 saturated heterocycles. The van der Waals surface area contributed by atoms with Crippen LogP contribution in [-0.2, 0) is 24.1 Å². The summed E-state index contributed by atoms with van der Waals surface area (Å²) < 4.78 is 0. The first-order valence-corrected chi connectivity index (χ1v) is 13.3. The molecule has 0 radical (unpaired) electrons. The Morgan fingerprint density at radius 3 is 2.72 bits per heavy atom. The van der Waals surface area contributed by atoms with Crippen molar-refractivity contribution in [3.8, 4) is 5.75 Å². The fourth-order valence-corrected chi connectivity index (χ4v) is 6.47. The molecule has 2 aromatic carbocycles. The minimum atomic E-state index is -0.485. The molecule has 2 atom stereocenters. The van der Waals surface area contributed by atoms with E-state index in [1.54, 1.807) is 0 Å². The number of rotatable bonds is 7. The molecular formula is C28H32N4O3S. The van der Waals surface area contributed by atoms with Crippen molar-refractivity contribution in [2.24, 2.45) is 0 Å². The summed E-state index contributed by atoms with van der Waals surface area (Å²) in [6.45, 7) is 4.40. The lowest BCUT2D eigenvalue weighted by Crippen LogP contribution is -2.39. The van der Waals surface area contributed by atoms with Gasteiger partial charge >= 0.3 is 0 Å².